The topological polar surface area (TPSA) is 85.6 Å². The molecule has 0 aromatic heterocycles. The van der Waals surface area contributed by atoms with Gasteiger partial charge in [-0.2, -0.15) is 10.5 Å². The van der Waals surface area contributed by atoms with Crippen LogP contribution < -0.4 is 11.1 Å². The zero-order chi connectivity index (χ0) is 14.5. The largest absolute Gasteiger partial charge is 0.398 e. The highest BCUT2D eigenvalue weighted by molar-refractivity contribution is 5.69. The summed E-state index contributed by atoms with van der Waals surface area (Å²) in [6.45, 7) is 0. The first-order chi connectivity index (χ1) is 9.65. The molecule has 0 fully saturated rings. The summed E-state index contributed by atoms with van der Waals surface area (Å²) in [6, 6.07) is 13.3. The second-order valence-corrected chi connectivity index (χ2v) is 4.15. The molecule has 20 heavy (non-hydrogen) atoms. The van der Waals surface area contributed by atoms with Gasteiger partial charge in [0, 0.05) is 11.4 Å². The summed E-state index contributed by atoms with van der Waals surface area (Å²) >= 11 is 0. The van der Waals surface area contributed by atoms with Crippen molar-refractivity contribution in [3.8, 4) is 12.1 Å². The Morgan fingerprint density at radius 1 is 1.20 bits per heavy atom. The summed E-state index contributed by atoms with van der Waals surface area (Å²) < 4.78 is 13.5. The summed E-state index contributed by atoms with van der Waals surface area (Å²) in [6.07, 6.45) is 0.190. The Morgan fingerprint density at radius 3 is 2.70 bits per heavy atom. The maximum Gasteiger partial charge on any atom is 0.143 e. The Balaban J connectivity index is 2.37. The SMILES string of the molecule is N#CCc1cc(Nc2cccc(F)c2C#N)ccc1N. The number of nitrogens with zero attached hydrogens (tertiary/aromatic N) is 2. The number of hydrogen-bond donors (Lipinski definition) is 2. The Kier molecular flexibility index (Phi) is 3.83. The van der Waals surface area contributed by atoms with Gasteiger partial charge >= 0.3 is 0 Å². The molecule has 0 atom stereocenters. The maximum absolute atomic E-state index is 13.5. The summed E-state index contributed by atoms with van der Waals surface area (Å²) in [5.74, 6) is -0.579. The normalized spacial score (nSPS) is 9.55. The van der Waals surface area contributed by atoms with Crippen molar-refractivity contribution in [3.05, 3.63) is 53.3 Å². The van der Waals surface area contributed by atoms with E-state index in [1.807, 2.05) is 12.1 Å². The molecule has 2 aromatic rings. The second-order valence-electron chi connectivity index (χ2n) is 4.15. The van der Waals surface area contributed by atoms with E-state index in [0.717, 1.165) is 0 Å². The maximum atomic E-state index is 13.5. The fourth-order valence-electron chi connectivity index (χ4n) is 1.82. The minimum Gasteiger partial charge on any atom is -0.398 e. The first kappa shape index (κ1) is 13.4. The van der Waals surface area contributed by atoms with E-state index in [2.05, 4.69) is 5.32 Å². The number of nitrogens with one attached hydrogen (secondary N) is 1. The van der Waals surface area contributed by atoms with Gasteiger partial charge in [0.15, 0.2) is 0 Å². The van der Waals surface area contributed by atoms with Crippen molar-refractivity contribution in [2.24, 2.45) is 0 Å². The van der Waals surface area contributed by atoms with Crippen LogP contribution in [0.5, 0.6) is 0 Å². The van der Waals surface area contributed by atoms with Gasteiger partial charge in [0.25, 0.3) is 0 Å². The Hall–Kier alpha value is -3.05. The lowest BCUT2D eigenvalue weighted by atomic mass is 10.1. The highest BCUT2D eigenvalue weighted by atomic mass is 19.1. The molecular formula is C15H11FN4. The number of hydrogen-bond acceptors (Lipinski definition) is 4. The van der Waals surface area contributed by atoms with E-state index in [4.69, 9.17) is 16.3 Å². The average Bonchev–Trinajstić information content (AvgIpc) is 2.43. The molecule has 3 N–H and O–H groups in total. The number of nitrogen functional groups attached to an aromatic ring is 1. The molecule has 0 saturated carbocycles. The second kappa shape index (κ2) is 5.73. The molecule has 0 saturated heterocycles. The van der Waals surface area contributed by atoms with Crippen molar-refractivity contribution in [2.45, 2.75) is 6.42 Å². The van der Waals surface area contributed by atoms with E-state index >= 15 is 0 Å². The van der Waals surface area contributed by atoms with Gasteiger partial charge in [0.1, 0.15) is 17.4 Å². The van der Waals surface area contributed by atoms with Crippen LogP contribution in [0.2, 0.25) is 0 Å². The van der Waals surface area contributed by atoms with Crippen molar-refractivity contribution in [1.29, 1.82) is 10.5 Å². The number of anilines is 3. The van der Waals surface area contributed by atoms with Crippen LogP contribution in [0.15, 0.2) is 36.4 Å². The monoisotopic (exact) mass is 266 g/mol. The molecule has 5 heteroatoms. The summed E-state index contributed by atoms with van der Waals surface area (Å²) in [7, 11) is 0. The van der Waals surface area contributed by atoms with Crippen molar-refractivity contribution < 1.29 is 4.39 Å². The zero-order valence-corrected chi connectivity index (χ0v) is 10.5. The molecule has 0 aliphatic rings. The highest BCUT2D eigenvalue weighted by Gasteiger charge is 2.08. The number of nitriles is 2. The van der Waals surface area contributed by atoms with E-state index in [1.54, 1.807) is 24.3 Å². The lowest BCUT2D eigenvalue weighted by Gasteiger charge is -2.10. The summed E-state index contributed by atoms with van der Waals surface area (Å²) in [5.41, 5.74) is 7.94. The van der Waals surface area contributed by atoms with E-state index in [0.29, 0.717) is 22.6 Å². The van der Waals surface area contributed by atoms with Crippen molar-refractivity contribution in [3.63, 3.8) is 0 Å². The molecule has 98 valence electrons. The van der Waals surface area contributed by atoms with E-state index < -0.39 is 5.82 Å². The predicted molar refractivity (Wildman–Crippen MR) is 74.6 cm³/mol. The number of benzene rings is 2. The Labute approximate surface area is 115 Å². The minimum absolute atomic E-state index is 0.0499. The molecule has 0 unspecified atom stereocenters. The molecule has 0 amide bonds. The Bertz CT molecular complexity index is 726. The van der Waals surface area contributed by atoms with Gasteiger partial charge in [0.05, 0.1) is 18.2 Å². The van der Waals surface area contributed by atoms with Gasteiger partial charge in [-0.15, -0.1) is 0 Å². The van der Waals surface area contributed by atoms with Gasteiger partial charge in [-0.3, -0.25) is 0 Å². The third-order valence-electron chi connectivity index (χ3n) is 2.82. The van der Waals surface area contributed by atoms with Gasteiger partial charge in [-0.1, -0.05) is 6.07 Å². The lowest BCUT2D eigenvalue weighted by Crippen LogP contribution is -1.99. The van der Waals surface area contributed by atoms with Crippen LogP contribution in [0, 0.1) is 28.5 Å². The predicted octanol–water partition coefficient (Wildman–Crippen LogP) is 3.09. The minimum atomic E-state index is -0.579. The van der Waals surface area contributed by atoms with Crippen molar-refractivity contribution in [2.75, 3.05) is 11.1 Å². The van der Waals surface area contributed by atoms with Crippen LogP contribution in [-0.4, -0.2) is 0 Å². The fourth-order valence-corrected chi connectivity index (χ4v) is 1.82. The van der Waals surface area contributed by atoms with Crippen molar-refractivity contribution in [1.82, 2.24) is 0 Å². The highest BCUT2D eigenvalue weighted by Crippen LogP contribution is 2.25. The van der Waals surface area contributed by atoms with E-state index in [-0.39, 0.29) is 12.0 Å². The van der Waals surface area contributed by atoms with Crippen LogP contribution in [0.25, 0.3) is 0 Å². The first-order valence-corrected chi connectivity index (χ1v) is 5.86. The third-order valence-corrected chi connectivity index (χ3v) is 2.82. The zero-order valence-electron chi connectivity index (χ0n) is 10.5. The molecule has 2 rings (SSSR count). The van der Waals surface area contributed by atoms with Gasteiger partial charge in [-0.25, -0.2) is 4.39 Å². The van der Waals surface area contributed by atoms with Crippen LogP contribution >= 0.6 is 0 Å². The number of nitrogens with two attached hydrogens (primary N) is 1. The van der Waals surface area contributed by atoms with Crippen molar-refractivity contribution >= 4 is 17.1 Å². The van der Waals surface area contributed by atoms with Crippen LogP contribution in [0.1, 0.15) is 11.1 Å². The lowest BCUT2D eigenvalue weighted by molar-refractivity contribution is 0.624. The Morgan fingerprint density at radius 2 is 2.00 bits per heavy atom. The fraction of sp³-hybridized carbons (Fsp3) is 0.0667. The number of halogens is 1. The quantitative estimate of drug-likeness (QED) is 0.836. The van der Waals surface area contributed by atoms with Crippen LogP contribution in [0.4, 0.5) is 21.5 Å². The van der Waals surface area contributed by atoms with E-state index in [1.165, 1.54) is 12.1 Å². The molecule has 2 aromatic carbocycles. The molecule has 0 bridgehead atoms. The standard InChI is InChI=1S/C15H11FN4/c16-13-2-1-3-15(12(13)9-18)20-11-4-5-14(19)10(8-11)6-7-17/h1-5,8,20H,6,19H2. The summed E-state index contributed by atoms with van der Waals surface area (Å²) in [4.78, 5) is 0. The smallest absolute Gasteiger partial charge is 0.143 e. The molecule has 0 spiro atoms. The van der Waals surface area contributed by atoms with Crippen LogP contribution in [-0.2, 0) is 6.42 Å². The summed E-state index contributed by atoms with van der Waals surface area (Å²) in [5, 5.41) is 20.7. The third kappa shape index (κ3) is 2.68. The van der Waals surface area contributed by atoms with E-state index in [9.17, 15) is 4.39 Å². The average molecular weight is 266 g/mol. The molecule has 0 heterocycles. The molecular weight excluding hydrogens is 255 g/mol. The van der Waals surface area contributed by atoms with Gasteiger partial charge < -0.3 is 11.1 Å². The molecule has 0 aliphatic carbocycles. The molecule has 0 radical (unpaired) electrons. The van der Waals surface area contributed by atoms with Gasteiger partial charge in [0.2, 0.25) is 0 Å². The first-order valence-electron chi connectivity index (χ1n) is 5.86. The molecule has 4 nitrogen and oxygen atoms in total. The van der Waals surface area contributed by atoms with Crippen LogP contribution in [0.3, 0.4) is 0 Å². The number of rotatable bonds is 3. The molecule has 0 aliphatic heterocycles. The van der Waals surface area contributed by atoms with Gasteiger partial charge in [-0.05, 0) is 35.9 Å².